The second-order valence-corrected chi connectivity index (χ2v) is 10.5. The van der Waals surface area contributed by atoms with Crippen LogP contribution in [0.25, 0.3) is 0 Å². The van der Waals surface area contributed by atoms with Crippen molar-refractivity contribution in [3.8, 4) is 0 Å². The van der Waals surface area contributed by atoms with Crippen LogP contribution in [0, 0.1) is 17.7 Å². The van der Waals surface area contributed by atoms with E-state index in [-0.39, 0.29) is 60.6 Å². The zero-order chi connectivity index (χ0) is 24.7. The summed E-state index contributed by atoms with van der Waals surface area (Å²) in [6.07, 6.45) is 2.09. The molecule has 3 rings (SSSR count). The molecule has 0 aliphatic carbocycles. The normalized spacial score (nSPS) is 18.5. The van der Waals surface area contributed by atoms with Gasteiger partial charge < -0.3 is 15.0 Å². The van der Waals surface area contributed by atoms with Crippen molar-refractivity contribution in [3.63, 3.8) is 0 Å². The lowest BCUT2D eigenvalue weighted by atomic mass is 9.96. The fourth-order valence-corrected chi connectivity index (χ4v) is 5.80. The Bertz CT molecular complexity index is 969. The second-order valence-electron chi connectivity index (χ2n) is 8.58. The first-order chi connectivity index (χ1) is 16.2. The van der Waals surface area contributed by atoms with Crippen molar-refractivity contribution in [1.29, 1.82) is 0 Å². The molecule has 11 heteroatoms. The minimum absolute atomic E-state index is 0.0293. The van der Waals surface area contributed by atoms with Crippen LogP contribution in [-0.4, -0.2) is 74.7 Å². The van der Waals surface area contributed by atoms with Crippen LogP contribution in [0.2, 0.25) is 0 Å². The van der Waals surface area contributed by atoms with E-state index in [1.807, 2.05) is 0 Å². The molecule has 0 bridgehead atoms. The minimum atomic E-state index is -3.73. The molecule has 2 fully saturated rings. The van der Waals surface area contributed by atoms with E-state index in [4.69, 9.17) is 4.74 Å². The number of amides is 2. The fraction of sp³-hybridized carbons (Fsp3) is 0.609. The van der Waals surface area contributed by atoms with Crippen molar-refractivity contribution < 1.29 is 31.9 Å². The Hall–Kier alpha value is -2.53. The molecule has 9 nitrogen and oxygen atoms in total. The molecule has 188 valence electrons. The summed E-state index contributed by atoms with van der Waals surface area (Å²) in [5.74, 6) is -1.46. The number of hydrogen-bond acceptors (Lipinski definition) is 6. The Balaban J connectivity index is 1.37. The van der Waals surface area contributed by atoms with Gasteiger partial charge in [0.25, 0.3) is 0 Å². The first-order valence-corrected chi connectivity index (χ1v) is 13.1. The number of halogens is 1. The number of carbonyl (C=O) groups excluding carboxylic acids is 3. The SMILES string of the molecule is CCOC(=O)C1CCN(C(=O)CCNC(=O)C2CCN(S(=O)(=O)c3ccc(F)cc3)CC2)CC1. The Morgan fingerprint density at radius 2 is 1.59 bits per heavy atom. The summed E-state index contributed by atoms with van der Waals surface area (Å²) in [6, 6.07) is 4.69. The molecule has 34 heavy (non-hydrogen) atoms. The van der Waals surface area contributed by atoms with Crippen molar-refractivity contribution in [3.05, 3.63) is 30.1 Å². The smallest absolute Gasteiger partial charge is 0.309 e. The monoisotopic (exact) mass is 497 g/mol. The highest BCUT2D eigenvalue weighted by Gasteiger charge is 2.32. The zero-order valence-corrected chi connectivity index (χ0v) is 20.2. The number of hydrogen-bond donors (Lipinski definition) is 1. The maximum atomic E-state index is 13.1. The lowest BCUT2D eigenvalue weighted by Crippen LogP contribution is -2.44. The van der Waals surface area contributed by atoms with E-state index in [9.17, 15) is 27.2 Å². The average Bonchev–Trinajstić information content (AvgIpc) is 2.84. The Morgan fingerprint density at radius 1 is 1.00 bits per heavy atom. The van der Waals surface area contributed by atoms with E-state index < -0.39 is 15.8 Å². The molecule has 0 atom stereocenters. The Labute approximate surface area is 199 Å². The highest BCUT2D eigenvalue weighted by molar-refractivity contribution is 7.89. The lowest BCUT2D eigenvalue weighted by molar-refractivity contribution is -0.151. The third-order valence-corrected chi connectivity index (χ3v) is 8.29. The van der Waals surface area contributed by atoms with Crippen molar-refractivity contribution in [2.75, 3.05) is 39.3 Å². The Kier molecular flexibility index (Phi) is 9.01. The van der Waals surface area contributed by atoms with Crippen molar-refractivity contribution in [2.45, 2.75) is 43.9 Å². The van der Waals surface area contributed by atoms with Crippen molar-refractivity contribution in [1.82, 2.24) is 14.5 Å². The molecule has 0 aromatic heterocycles. The first-order valence-electron chi connectivity index (χ1n) is 11.7. The summed E-state index contributed by atoms with van der Waals surface area (Å²) in [6.45, 7) is 3.72. The van der Waals surface area contributed by atoms with E-state index in [2.05, 4.69) is 5.32 Å². The third-order valence-electron chi connectivity index (χ3n) is 6.38. The van der Waals surface area contributed by atoms with E-state index in [1.54, 1.807) is 11.8 Å². The largest absolute Gasteiger partial charge is 0.466 e. The number of esters is 1. The highest BCUT2D eigenvalue weighted by atomic mass is 32.2. The van der Waals surface area contributed by atoms with Crippen LogP contribution in [-0.2, 0) is 29.1 Å². The van der Waals surface area contributed by atoms with E-state index in [0.29, 0.717) is 45.4 Å². The maximum absolute atomic E-state index is 13.1. The van der Waals surface area contributed by atoms with Crippen molar-refractivity contribution in [2.24, 2.45) is 11.8 Å². The predicted molar refractivity (Wildman–Crippen MR) is 121 cm³/mol. The third kappa shape index (κ3) is 6.53. The van der Waals surface area contributed by atoms with E-state index in [1.165, 1.54) is 16.4 Å². The molecule has 1 aromatic rings. The van der Waals surface area contributed by atoms with Gasteiger partial charge in [-0.05, 0) is 56.9 Å². The van der Waals surface area contributed by atoms with Gasteiger partial charge >= 0.3 is 5.97 Å². The Morgan fingerprint density at radius 3 is 2.18 bits per heavy atom. The summed E-state index contributed by atoms with van der Waals surface area (Å²) in [5.41, 5.74) is 0. The van der Waals surface area contributed by atoms with Gasteiger partial charge in [0.15, 0.2) is 0 Å². The summed E-state index contributed by atoms with van der Waals surface area (Å²) in [5, 5.41) is 2.79. The molecule has 2 heterocycles. The number of benzene rings is 1. The number of likely N-dealkylation sites (tertiary alicyclic amines) is 1. The molecule has 0 radical (unpaired) electrons. The van der Waals surface area contributed by atoms with Crippen LogP contribution in [0.5, 0.6) is 0 Å². The van der Waals surface area contributed by atoms with Gasteiger partial charge in [-0.3, -0.25) is 14.4 Å². The molecule has 0 unspecified atom stereocenters. The molecular weight excluding hydrogens is 465 g/mol. The standard InChI is InChI=1S/C23H32FN3O6S/c1-2-33-23(30)18-8-13-26(14-9-18)21(28)7-12-25-22(29)17-10-15-27(16-11-17)34(31,32)20-5-3-19(24)4-6-20/h3-6,17-18H,2,7-16H2,1H3,(H,25,29). The van der Waals surface area contributed by atoms with Gasteiger partial charge in [0.1, 0.15) is 5.82 Å². The van der Waals surface area contributed by atoms with E-state index in [0.717, 1.165) is 12.1 Å². The topological polar surface area (TPSA) is 113 Å². The second kappa shape index (κ2) is 11.7. The zero-order valence-electron chi connectivity index (χ0n) is 19.4. The summed E-state index contributed by atoms with van der Waals surface area (Å²) in [4.78, 5) is 38.5. The van der Waals surface area contributed by atoms with Gasteiger partial charge in [-0.2, -0.15) is 4.31 Å². The summed E-state index contributed by atoms with van der Waals surface area (Å²) >= 11 is 0. The van der Waals surface area contributed by atoms with Crippen LogP contribution in [0.3, 0.4) is 0 Å². The summed E-state index contributed by atoms with van der Waals surface area (Å²) in [7, 11) is -3.73. The van der Waals surface area contributed by atoms with Crippen LogP contribution in [0.1, 0.15) is 39.0 Å². The van der Waals surface area contributed by atoms with E-state index >= 15 is 0 Å². The van der Waals surface area contributed by atoms with Gasteiger partial charge in [0.2, 0.25) is 21.8 Å². The number of nitrogens with zero attached hydrogens (tertiary/aromatic N) is 2. The number of rotatable bonds is 8. The number of piperidine rings is 2. The quantitative estimate of drug-likeness (QED) is 0.545. The molecule has 0 saturated carbocycles. The molecule has 1 aromatic carbocycles. The molecule has 2 aliphatic rings. The number of sulfonamides is 1. The average molecular weight is 498 g/mol. The fourth-order valence-electron chi connectivity index (χ4n) is 4.33. The molecule has 0 spiro atoms. The molecule has 1 N–H and O–H groups in total. The number of nitrogens with one attached hydrogen (secondary N) is 1. The number of ether oxygens (including phenoxy) is 1. The summed E-state index contributed by atoms with van der Waals surface area (Å²) < 4.78 is 44.8. The van der Waals surface area contributed by atoms with Gasteiger partial charge in [-0.1, -0.05) is 0 Å². The van der Waals surface area contributed by atoms with Crippen LogP contribution < -0.4 is 5.32 Å². The van der Waals surface area contributed by atoms with Gasteiger partial charge in [-0.15, -0.1) is 0 Å². The number of carbonyl (C=O) groups is 3. The van der Waals surface area contributed by atoms with Gasteiger partial charge in [0, 0.05) is 45.1 Å². The van der Waals surface area contributed by atoms with Crippen molar-refractivity contribution >= 4 is 27.8 Å². The minimum Gasteiger partial charge on any atom is -0.466 e. The van der Waals surface area contributed by atoms with Gasteiger partial charge in [0.05, 0.1) is 17.4 Å². The molecular formula is C23H32FN3O6S. The highest BCUT2D eigenvalue weighted by Crippen LogP contribution is 2.24. The molecule has 2 saturated heterocycles. The molecule has 2 aliphatic heterocycles. The maximum Gasteiger partial charge on any atom is 0.309 e. The first kappa shape index (κ1) is 26.1. The van der Waals surface area contributed by atoms with Gasteiger partial charge in [-0.25, -0.2) is 12.8 Å². The van der Waals surface area contributed by atoms with Crippen LogP contribution >= 0.6 is 0 Å². The lowest BCUT2D eigenvalue weighted by Gasteiger charge is -2.31. The predicted octanol–water partition coefficient (Wildman–Crippen LogP) is 1.53. The molecule has 2 amide bonds. The van der Waals surface area contributed by atoms with Crippen LogP contribution in [0.15, 0.2) is 29.2 Å². The van der Waals surface area contributed by atoms with Crippen LogP contribution in [0.4, 0.5) is 4.39 Å².